The molecule has 1 aliphatic heterocycles. The number of benzene rings is 1. The third-order valence-corrected chi connectivity index (χ3v) is 4.63. The van der Waals surface area contributed by atoms with Crippen LogP contribution in [0.3, 0.4) is 0 Å². The van der Waals surface area contributed by atoms with Crippen molar-refractivity contribution >= 4 is 33.0 Å². The first-order chi connectivity index (χ1) is 10.1. The summed E-state index contributed by atoms with van der Waals surface area (Å²) in [5, 5.41) is 3.81. The number of carbonyl (C=O) groups excluding carboxylic acids is 1. The molecule has 1 atom stereocenters. The van der Waals surface area contributed by atoms with E-state index in [2.05, 4.69) is 5.32 Å². The van der Waals surface area contributed by atoms with E-state index >= 15 is 0 Å². The highest BCUT2D eigenvalue weighted by Gasteiger charge is 2.19. The van der Waals surface area contributed by atoms with Crippen molar-refractivity contribution in [1.82, 2.24) is 5.32 Å². The van der Waals surface area contributed by atoms with Crippen LogP contribution in [0.25, 0.3) is 10.1 Å². The summed E-state index contributed by atoms with van der Waals surface area (Å²) in [5.74, 6) is -0.152. The van der Waals surface area contributed by atoms with Crippen molar-refractivity contribution in [2.75, 3.05) is 32.1 Å². The summed E-state index contributed by atoms with van der Waals surface area (Å²) in [6.45, 7) is 4.17. The number of nitrogen functional groups attached to an aromatic ring is 1. The standard InChI is InChI=1S/C15H18N2O3S/c1-9-2-3-11-12(6-9)21-14(13(11)16)15(18)17-7-10-8-19-4-5-20-10/h2-3,6,10H,4-5,7-8,16H2,1H3,(H,17,18). The van der Waals surface area contributed by atoms with Gasteiger partial charge < -0.3 is 20.5 Å². The SMILES string of the molecule is Cc1ccc2c(N)c(C(=O)NCC3COCCO3)sc2c1. The molecule has 1 aromatic heterocycles. The predicted molar refractivity (Wildman–Crippen MR) is 83.9 cm³/mol. The molecule has 1 saturated heterocycles. The van der Waals surface area contributed by atoms with Crippen LogP contribution in [0.2, 0.25) is 0 Å². The summed E-state index contributed by atoms with van der Waals surface area (Å²) in [6, 6.07) is 6.01. The van der Waals surface area contributed by atoms with Crippen LogP contribution >= 0.6 is 11.3 Å². The fourth-order valence-corrected chi connectivity index (χ4v) is 3.47. The molecule has 0 saturated carbocycles. The minimum Gasteiger partial charge on any atom is -0.397 e. The molecule has 1 unspecified atom stereocenters. The lowest BCUT2D eigenvalue weighted by Crippen LogP contribution is -2.39. The van der Waals surface area contributed by atoms with Crippen LogP contribution in [0.5, 0.6) is 0 Å². The number of aryl methyl sites for hydroxylation is 1. The summed E-state index contributed by atoms with van der Waals surface area (Å²) < 4.78 is 11.8. The zero-order valence-electron chi connectivity index (χ0n) is 11.8. The number of nitrogens with two attached hydrogens (primary N) is 1. The molecule has 1 aromatic carbocycles. The number of thiophene rings is 1. The molecule has 21 heavy (non-hydrogen) atoms. The molecule has 2 aromatic rings. The van der Waals surface area contributed by atoms with Crippen molar-refractivity contribution in [2.24, 2.45) is 0 Å². The highest BCUT2D eigenvalue weighted by atomic mass is 32.1. The van der Waals surface area contributed by atoms with Crippen molar-refractivity contribution in [3.8, 4) is 0 Å². The number of amides is 1. The fraction of sp³-hybridized carbons (Fsp3) is 0.400. The number of hydrogen-bond donors (Lipinski definition) is 2. The maximum Gasteiger partial charge on any atom is 0.263 e. The summed E-state index contributed by atoms with van der Waals surface area (Å²) in [6.07, 6.45) is -0.0828. The van der Waals surface area contributed by atoms with Crippen molar-refractivity contribution < 1.29 is 14.3 Å². The van der Waals surface area contributed by atoms with Gasteiger partial charge in [0.25, 0.3) is 5.91 Å². The van der Waals surface area contributed by atoms with Gasteiger partial charge in [-0.05, 0) is 18.6 Å². The molecule has 3 N–H and O–H groups in total. The number of hydrogen-bond acceptors (Lipinski definition) is 5. The molecule has 6 heteroatoms. The Labute approximate surface area is 127 Å². The van der Waals surface area contributed by atoms with Gasteiger partial charge in [0, 0.05) is 16.6 Å². The molecule has 5 nitrogen and oxygen atoms in total. The van der Waals surface area contributed by atoms with Gasteiger partial charge in [-0.15, -0.1) is 11.3 Å². The van der Waals surface area contributed by atoms with Crippen molar-refractivity contribution in [3.63, 3.8) is 0 Å². The number of ether oxygens (including phenoxy) is 2. The van der Waals surface area contributed by atoms with E-state index in [4.69, 9.17) is 15.2 Å². The Morgan fingerprint density at radius 3 is 3.10 bits per heavy atom. The zero-order valence-corrected chi connectivity index (χ0v) is 12.7. The minimum absolute atomic E-state index is 0.0828. The van der Waals surface area contributed by atoms with E-state index < -0.39 is 0 Å². The van der Waals surface area contributed by atoms with E-state index in [0.29, 0.717) is 36.9 Å². The number of anilines is 1. The smallest absolute Gasteiger partial charge is 0.263 e. The van der Waals surface area contributed by atoms with Crippen LogP contribution in [0, 0.1) is 6.92 Å². The lowest BCUT2D eigenvalue weighted by Gasteiger charge is -2.22. The topological polar surface area (TPSA) is 73.6 Å². The van der Waals surface area contributed by atoms with Crippen LogP contribution in [0.1, 0.15) is 15.2 Å². The summed E-state index contributed by atoms with van der Waals surface area (Å²) in [4.78, 5) is 12.8. The molecule has 1 aliphatic rings. The monoisotopic (exact) mass is 306 g/mol. The molecule has 0 radical (unpaired) electrons. The lowest BCUT2D eigenvalue weighted by atomic mass is 10.1. The highest BCUT2D eigenvalue weighted by Crippen LogP contribution is 2.34. The Bertz CT molecular complexity index is 662. The lowest BCUT2D eigenvalue weighted by molar-refractivity contribution is -0.0855. The van der Waals surface area contributed by atoms with Crippen LogP contribution < -0.4 is 11.1 Å². The maximum absolute atomic E-state index is 12.3. The molecule has 3 rings (SSSR count). The normalized spacial score (nSPS) is 18.8. The van der Waals surface area contributed by atoms with Gasteiger partial charge in [-0.25, -0.2) is 0 Å². The summed E-state index contributed by atoms with van der Waals surface area (Å²) >= 11 is 1.42. The summed E-state index contributed by atoms with van der Waals surface area (Å²) in [7, 11) is 0. The Morgan fingerprint density at radius 1 is 1.48 bits per heavy atom. The van der Waals surface area contributed by atoms with E-state index in [1.807, 2.05) is 25.1 Å². The van der Waals surface area contributed by atoms with Gasteiger partial charge in [-0.1, -0.05) is 12.1 Å². The molecule has 112 valence electrons. The predicted octanol–water partition coefficient (Wildman–Crippen LogP) is 1.94. The third kappa shape index (κ3) is 3.02. The third-order valence-electron chi connectivity index (χ3n) is 3.47. The maximum atomic E-state index is 12.3. The van der Waals surface area contributed by atoms with Crippen molar-refractivity contribution in [3.05, 3.63) is 28.6 Å². The molecule has 1 amide bonds. The Hall–Kier alpha value is -1.63. The van der Waals surface area contributed by atoms with E-state index in [1.54, 1.807) is 0 Å². The average Bonchev–Trinajstić information content (AvgIpc) is 2.82. The van der Waals surface area contributed by atoms with Crippen molar-refractivity contribution in [2.45, 2.75) is 13.0 Å². The molecule has 2 heterocycles. The second-order valence-electron chi connectivity index (χ2n) is 5.12. The van der Waals surface area contributed by atoms with Gasteiger partial charge >= 0.3 is 0 Å². The quantitative estimate of drug-likeness (QED) is 0.909. The van der Waals surface area contributed by atoms with E-state index in [0.717, 1.165) is 15.6 Å². The van der Waals surface area contributed by atoms with E-state index in [1.165, 1.54) is 11.3 Å². The van der Waals surface area contributed by atoms with E-state index in [-0.39, 0.29) is 12.0 Å². The van der Waals surface area contributed by atoms with Crippen LogP contribution in [0.15, 0.2) is 18.2 Å². The summed E-state index contributed by atoms with van der Waals surface area (Å²) in [5.41, 5.74) is 7.80. The van der Waals surface area contributed by atoms with Gasteiger partial charge in [0.1, 0.15) is 4.88 Å². The number of fused-ring (bicyclic) bond motifs is 1. The van der Waals surface area contributed by atoms with Gasteiger partial charge in [0.15, 0.2) is 0 Å². The van der Waals surface area contributed by atoms with Gasteiger partial charge in [0.2, 0.25) is 0 Å². The zero-order chi connectivity index (χ0) is 14.8. The molecular weight excluding hydrogens is 288 g/mol. The Balaban J connectivity index is 1.73. The first-order valence-electron chi connectivity index (χ1n) is 6.91. The van der Waals surface area contributed by atoms with Crippen molar-refractivity contribution in [1.29, 1.82) is 0 Å². The molecule has 0 aliphatic carbocycles. The number of nitrogens with one attached hydrogen (secondary N) is 1. The highest BCUT2D eigenvalue weighted by molar-refractivity contribution is 7.21. The Morgan fingerprint density at radius 2 is 2.33 bits per heavy atom. The van der Waals surface area contributed by atoms with Crippen LogP contribution in [-0.2, 0) is 9.47 Å². The largest absolute Gasteiger partial charge is 0.397 e. The first kappa shape index (κ1) is 14.3. The molecule has 0 bridgehead atoms. The second-order valence-corrected chi connectivity index (χ2v) is 6.17. The number of carbonyl (C=O) groups is 1. The average molecular weight is 306 g/mol. The van der Waals surface area contributed by atoms with Gasteiger partial charge in [-0.3, -0.25) is 4.79 Å². The molecular formula is C15H18N2O3S. The molecule has 1 fully saturated rings. The van der Waals surface area contributed by atoms with E-state index in [9.17, 15) is 4.79 Å². The number of rotatable bonds is 3. The van der Waals surface area contributed by atoms with Crippen LogP contribution in [0.4, 0.5) is 5.69 Å². The van der Waals surface area contributed by atoms with Gasteiger partial charge in [-0.2, -0.15) is 0 Å². The second kappa shape index (κ2) is 6.01. The van der Waals surface area contributed by atoms with Gasteiger partial charge in [0.05, 0.1) is 31.6 Å². The fourth-order valence-electron chi connectivity index (χ4n) is 2.33. The Kier molecular flexibility index (Phi) is 4.10. The minimum atomic E-state index is -0.152. The first-order valence-corrected chi connectivity index (χ1v) is 7.73. The van der Waals surface area contributed by atoms with Crippen LogP contribution in [-0.4, -0.2) is 38.4 Å². The molecule has 0 spiro atoms.